The summed E-state index contributed by atoms with van der Waals surface area (Å²) in [5.41, 5.74) is 1.31. The summed E-state index contributed by atoms with van der Waals surface area (Å²) in [6.45, 7) is 9.44. The quantitative estimate of drug-likeness (QED) is 0.736. The third kappa shape index (κ3) is 5.40. The van der Waals surface area contributed by atoms with Gasteiger partial charge in [-0.05, 0) is 48.2 Å². The van der Waals surface area contributed by atoms with Crippen molar-refractivity contribution in [3.8, 4) is 5.75 Å². The van der Waals surface area contributed by atoms with E-state index in [1.807, 2.05) is 24.3 Å². The number of benzene rings is 2. The summed E-state index contributed by atoms with van der Waals surface area (Å²) < 4.78 is 32.3. The van der Waals surface area contributed by atoms with Crippen LogP contribution in [0.15, 0.2) is 42.5 Å². The molecule has 0 saturated carbocycles. The summed E-state index contributed by atoms with van der Waals surface area (Å²) in [5.74, 6) is -1.95. The van der Waals surface area contributed by atoms with Gasteiger partial charge in [-0.1, -0.05) is 32.9 Å². The van der Waals surface area contributed by atoms with E-state index < -0.39 is 17.7 Å². The van der Waals surface area contributed by atoms with Crippen LogP contribution < -0.4 is 4.74 Å². The molecule has 0 aliphatic carbocycles. The van der Waals surface area contributed by atoms with E-state index in [2.05, 4.69) is 20.8 Å². The molecule has 1 aliphatic rings. The number of nitrogens with zero attached hydrogens (tertiary/aromatic N) is 2. The minimum atomic E-state index is -1.05. The summed E-state index contributed by atoms with van der Waals surface area (Å²) >= 11 is 0. The molecule has 2 aromatic rings. The minimum Gasteiger partial charge on any atom is -0.481 e. The van der Waals surface area contributed by atoms with Crippen LogP contribution in [0.1, 0.15) is 43.6 Å². The summed E-state index contributed by atoms with van der Waals surface area (Å²) in [7, 11) is 0. The first-order valence-corrected chi connectivity index (χ1v) is 10.4. The Labute approximate surface area is 181 Å². The van der Waals surface area contributed by atoms with Gasteiger partial charge in [-0.2, -0.15) is 0 Å². The smallest absolute Gasteiger partial charge is 0.263 e. The Kier molecular flexibility index (Phi) is 6.62. The summed E-state index contributed by atoms with van der Waals surface area (Å²) in [6.07, 6.45) is -0.658. The van der Waals surface area contributed by atoms with Crippen LogP contribution in [0.25, 0.3) is 0 Å². The molecule has 31 heavy (non-hydrogen) atoms. The molecule has 1 fully saturated rings. The van der Waals surface area contributed by atoms with Crippen LogP contribution in [-0.2, 0) is 10.2 Å². The highest BCUT2D eigenvalue weighted by molar-refractivity contribution is 5.94. The van der Waals surface area contributed by atoms with Crippen molar-refractivity contribution in [2.45, 2.75) is 39.2 Å². The van der Waals surface area contributed by atoms with Crippen LogP contribution in [-0.4, -0.2) is 53.9 Å². The van der Waals surface area contributed by atoms with Gasteiger partial charge in [0.15, 0.2) is 17.7 Å². The summed E-state index contributed by atoms with van der Waals surface area (Å²) in [5, 5.41) is 0. The molecule has 1 aliphatic heterocycles. The van der Waals surface area contributed by atoms with Gasteiger partial charge in [0, 0.05) is 31.7 Å². The van der Waals surface area contributed by atoms with Crippen molar-refractivity contribution in [1.82, 2.24) is 9.80 Å². The molecule has 3 rings (SSSR count). The number of hydrogen-bond acceptors (Lipinski definition) is 3. The number of carbonyl (C=O) groups excluding carboxylic acids is 2. The fraction of sp³-hybridized carbons (Fsp3) is 0.417. The Morgan fingerprint density at radius 2 is 1.48 bits per heavy atom. The van der Waals surface area contributed by atoms with Crippen molar-refractivity contribution in [3.05, 3.63) is 65.2 Å². The van der Waals surface area contributed by atoms with Gasteiger partial charge in [0.25, 0.3) is 11.8 Å². The van der Waals surface area contributed by atoms with Gasteiger partial charge >= 0.3 is 0 Å². The lowest BCUT2D eigenvalue weighted by Gasteiger charge is -2.36. The van der Waals surface area contributed by atoms with Crippen LogP contribution in [0.2, 0.25) is 0 Å². The molecule has 0 bridgehead atoms. The topological polar surface area (TPSA) is 49.9 Å². The fourth-order valence-corrected chi connectivity index (χ4v) is 3.49. The highest BCUT2D eigenvalue weighted by Gasteiger charge is 2.28. The van der Waals surface area contributed by atoms with Gasteiger partial charge in [-0.3, -0.25) is 9.59 Å². The monoisotopic (exact) mass is 430 g/mol. The van der Waals surface area contributed by atoms with E-state index in [-0.39, 0.29) is 22.8 Å². The highest BCUT2D eigenvalue weighted by Crippen LogP contribution is 2.25. The molecule has 0 radical (unpaired) electrons. The zero-order chi connectivity index (χ0) is 22.8. The van der Waals surface area contributed by atoms with Crippen molar-refractivity contribution in [3.63, 3.8) is 0 Å². The molecule has 0 spiro atoms. The molecular weight excluding hydrogens is 402 g/mol. The average Bonchev–Trinajstić information content (AvgIpc) is 2.74. The number of ether oxygens (including phenoxy) is 1. The zero-order valence-corrected chi connectivity index (χ0v) is 18.3. The second-order valence-electron chi connectivity index (χ2n) is 8.78. The molecule has 2 aromatic carbocycles. The van der Waals surface area contributed by atoms with Crippen LogP contribution >= 0.6 is 0 Å². The minimum absolute atomic E-state index is 0.0384. The number of halogens is 2. The number of hydrogen-bond donors (Lipinski definition) is 0. The van der Waals surface area contributed by atoms with E-state index in [9.17, 15) is 18.4 Å². The average molecular weight is 430 g/mol. The van der Waals surface area contributed by atoms with Gasteiger partial charge < -0.3 is 14.5 Å². The molecular formula is C24H28F2N2O3. The first-order chi connectivity index (χ1) is 14.6. The molecule has 7 heteroatoms. The highest BCUT2D eigenvalue weighted by atomic mass is 19.2. The predicted octanol–water partition coefficient (Wildman–Crippen LogP) is 4.01. The maximum Gasteiger partial charge on any atom is 0.263 e. The normalized spacial score (nSPS) is 15.5. The Hall–Kier alpha value is -2.96. The van der Waals surface area contributed by atoms with Gasteiger partial charge in [0.05, 0.1) is 0 Å². The predicted molar refractivity (Wildman–Crippen MR) is 114 cm³/mol. The van der Waals surface area contributed by atoms with Crippen LogP contribution in [0.4, 0.5) is 8.78 Å². The second-order valence-corrected chi connectivity index (χ2v) is 8.78. The fourth-order valence-electron chi connectivity index (χ4n) is 3.49. The van der Waals surface area contributed by atoms with Gasteiger partial charge in [-0.15, -0.1) is 0 Å². The molecule has 5 nitrogen and oxygen atoms in total. The number of piperazine rings is 1. The first kappa shape index (κ1) is 22.7. The maximum absolute atomic E-state index is 13.4. The molecule has 166 valence electrons. The lowest BCUT2D eigenvalue weighted by molar-refractivity contribution is -0.139. The van der Waals surface area contributed by atoms with Crippen molar-refractivity contribution in [2.24, 2.45) is 0 Å². The molecule has 0 aromatic heterocycles. The molecule has 0 N–H and O–H groups in total. The first-order valence-electron chi connectivity index (χ1n) is 10.4. The van der Waals surface area contributed by atoms with Crippen molar-refractivity contribution >= 4 is 11.8 Å². The SMILES string of the molecule is CC(Oc1ccc(C(C)(C)C)cc1)C(=O)N1CCN(C(=O)c2ccc(F)c(F)c2)CC1. The van der Waals surface area contributed by atoms with E-state index in [1.165, 1.54) is 16.5 Å². The van der Waals surface area contributed by atoms with E-state index >= 15 is 0 Å². The van der Waals surface area contributed by atoms with Crippen LogP contribution in [0.5, 0.6) is 5.75 Å². The zero-order valence-electron chi connectivity index (χ0n) is 18.3. The molecule has 1 saturated heterocycles. The molecule has 1 heterocycles. The Bertz CT molecular complexity index is 946. The van der Waals surface area contributed by atoms with Crippen molar-refractivity contribution < 1.29 is 23.1 Å². The third-order valence-corrected chi connectivity index (χ3v) is 5.43. The molecule has 2 amide bonds. The number of carbonyl (C=O) groups is 2. The van der Waals surface area contributed by atoms with E-state index in [4.69, 9.17) is 4.74 Å². The van der Waals surface area contributed by atoms with Crippen LogP contribution in [0, 0.1) is 11.6 Å². The maximum atomic E-state index is 13.4. The standard InChI is InChI=1S/C24H28F2N2O3/c1-16(31-19-8-6-18(7-9-19)24(2,3)4)22(29)27-11-13-28(14-12-27)23(30)17-5-10-20(25)21(26)15-17/h5-10,15-16H,11-14H2,1-4H3. The largest absolute Gasteiger partial charge is 0.481 e. The summed E-state index contributed by atoms with van der Waals surface area (Å²) in [4.78, 5) is 28.5. The van der Waals surface area contributed by atoms with Gasteiger partial charge in [0.1, 0.15) is 5.75 Å². The van der Waals surface area contributed by atoms with Gasteiger partial charge in [0.2, 0.25) is 0 Å². The Balaban J connectivity index is 1.54. The lowest BCUT2D eigenvalue weighted by Crippen LogP contribution is -2.53. The van der Waals surface area contributed by atoms with Gasteiger partial charge in [-0.25, -0.2) is 8.78 Å². The Morgan fingerprint density at radius 1 is 0.903 bits per heavy atom. The van der Waals surface area contributed by atoms with E-state index in [0.29, 0.717) is 31.9 Å². The van der Waals surface area contributed by atoms with Crippen molar-refractivity contribution in [1.29, 1.82) is 0 Å². The number of rotatable bonds is 4. The Morgan fingerprint density at radius 3 is 2.03 bits per heavy atom. The molecule has 1 atom stereocenters. The second kappa shape index (κ2) is 9.04. The van der Waals surface area contributed by atoms with E-state index in [1.54, 1.807) is 11.8 Å². The van der Waals surface area contributed by atoms with Crippen molar-refractivity contribution in [2.75, 3.05) is 26.2 Å². The van der Waals surface area contributed by atoms with E-state index in [0.717, 1.165) is 12.1 Å². The molecule has 1 unspecified atom stereocenters. The lowest BCUT2D eigenvalue weighted by atomic mass is 9.87. The number of amides is 2. The van der Waals surface area contributed by atoms with Crippen LogP contribution in [0.3, 0.4) is 0 Å². The summed E-state index contributed by atoms with van der Waals surface area (Å²) in [6, 6.07) is 10.8. The third-order valence-electron chi connectivity index (χ3n) is 5.43.